The quantitative estimate of drug-likeness (QED) is 0.654. The minimum absolute atomic E-state index is 0.0598. The van der Waals surface area contributed by atoms with E-state index in [0.717, 1.165) is 12.8 Å². The van der Waals surface area contributed by atoms with Crippen LogP contribution < -0.4 is 20.3 Å². The lowest BCUT2D eigenvalue weighted by Gasteiger charge is -2.21. The number of para-hydroxylation sites is 2. The summed E-state index contributed by atoms with van der Waals surface area (Å²) in [5.74, 6) is 0.536. The molecule has 0 bridgehead atoms. The highest BCUT2D eigenvalue weighted by atomic mass is 16.5. The normalized spacial score (nSPS) is 19.8. The zero-order valence-corrected chi connectivity index (χ0v) is 17.1. The molecule has 1 saturated heterocycles. The van der Waals surface area contributed by atoms with Gasteiger partial charge in [-0.25, -0.2) is 0 Å². The number of hydrogen-bond donors (Lipinski definition) is 2. The first-order valence-corrected chi connectivity index (χ1v) is 10.6. The second-order valence-corrected chi connectivity index (χ2v) is 7.93. The third-order valence-electron chi connectivity index (χ3n) is 5.82. The number of hydrogen-bond acceptors (Lipinski definition) is 4. The summed E-state index contributed by atoms with van der Waals surface area (Å²) < 4.78 is 5.32. The standard InChI is InChI=1S/C22H31N3O4/c1-29-19-10-6-5-9-18(19)25-15-17(14-21(25)27)22(28)24-12-11-23-20(26)13-16-7-3-2-4-8-16/h5-6,9-10,16-17H,2-4,7-8,11-15H2,1H3,(H,23,26)(H,24,28)/t17-/m0/s1. The molecule has 1 aliphatic heterocycles. The molecule has 1 aromatic carbocycles. The monoisotopic (exact) mass is 401 g/mol. The van der Waals surface area contributed by atoms with E-state index >= 15 is 0 Å². The first-order valence-electron chi connectivity index (χ1n) is 10.6. The van der Waals surface area contributed by atoms with Gasteiger partial charge in [-0.05, 0) is 30.9 Å². The number of nitrogens with one attached hydrogen (secondary N) is 2. The predicted molar refractivity (Wildman–Crippen MR) is 111 cm³/mol. The van der Waals surface area contributed by atoms with Crippen molar-refractivity contribution in [3.05, 3.63) is 24.3 Å². The number of anilines is 1. The van der Waals surface area contributed by atoms with E-state index in [0.29, 0.717) is 43.4 Å². The van der Waals surface area contributed by atoms with Crippen molar-refractivity contribution in [1.29, 1.82) is 0 Å². The Morgan fingerprint density at radius 1 is 1.10 bits per heavy atom. The number of ether oxygens (including phenoxy) is 1. The lowest BCUT2D eigenvalue weighted by atomic mass is 9.87. The molecule has 3 rings (SSSR count). The van der Waals surface area contributed by atoms with Crippen molar-refractivity contribution in [2.75, 3.05) is 31.6 Å². The van der Waals surface area contributed by atoms with Gasteiger partial charge in [0.05, 0.1) is 18.7 Å². The van der Waals surface area contributed by atoms with Crippen LogP contribution in [0.1, 0.15) is 44.9 Å². The zero-order valence-electron chi connectivity index (χ0n) is 17.1. The number of amides is 3. The molecule has 0 radical (unpaired) electrons. The van der Waals surface area contributed by atoms with Crippen molar-refractivity contribution < 1.29 is 19.1 Å². The molecule has 0 aromatic heterocycles. The molecule has 1 aliphatic carbocycles. The van der Waals surface area contributed by atoms with Gasteiger partial charge in [-0.1, -0.05) is 31.4 Å². The average Bonchev–Trinajstić information content (AvgIpc) is 3.13. The van der Waals surface area contributed by atoms with Gasteiger partial charge in [-0.2, -0.15) is 0 Å². The van der Waals surface area contributed by atoms with Gasteiger partial charge < -0.3 is 20.3 Å². The third kappa shape index (κ3) is 5.71. The fourth-order valence-electron chi connectivity index (χ4n) is 4.23. The molecular weight excluding hydrogens is 370 g/mol. The van der Waals surface area contributed by atoms with Crippen LogP contribution in [0.2, 0.25) is 0 Å². The highest BCUT2D eigenvalue weighted by Gasteiger charge is 2.36. The maximum atomic E-state index is 12.4. The molecule has 0 unspecified atom stereocenters. The molecule has 7 nitrogen and oxygen atoms in total. The van der Waals surface area contributed by atoms with Crippen LogP contribution >= 0.6 is 0 Å². The third-order valence-corrected chi connectivity index (χ3v) is 5.82. The molecule has 0 spiro atoms. The van der Waals surface area contributed by atoms with Crippen LogP contribution in [0.3, 0.4) is 0 Å². The van der Waals surface area contributed by atoms with Gasteiger partial charge in [-0.15, -0.1) is 0 Å². The van der Waals surface area contributed by atoms with Crippen LogP contribution in [0.5, 0.6) is 5.75 Å². The van der Waals surface area contributed by atoms with Gasteiger partial charge in [0, 0.05) is 32.5 Å². The maximum Gasteiger partial charge on any atom is 0.227 e. The summed E-state index contributed by atoms with van der Waals surface area (Å²) in [6.45, 7) is 1.11. The average molecular weight is 402 g/mol. The van der Waals surface area contributed by atoms with Gasteiger partial charge in [0.15, 0.2) is 0 Å². The molecular formula is C22H31N3O4. The maximum absolute atomic E-state index is 12.4. The highest BCUT2D eigenvalue weighted by Crippen LogP contribution is 2.32. The fraction of sp³-hybridized carbons (Fsp3) is 0.591. The number of carbonyl (C=O) groups excluding carboxylic acids is 3. The van der Waals surface area contributed by atoms with E-state index in [2.05, 4.69) is 10.6 Å². The van der Waals surface area contributed by atoms with Crippen LogP contribution in [-0.4, -0.2) is 44.5 Å². The Morgan fingerprint density at radius 3 is 2.59 bits per heavy atom. The van der Waals surface area contributed by atoms with Gasteiger partial charge in [0.25, 0.3) is 0 Å². The molecule has 2 N–H and O–H groups in total. The van der Waals surface area contributed by atoms with Crippen molar-refractivity contribution in [2.24, 2.45) is 11.8 Å². The predicted octanol–water partition coefficient (Wildman–Crippen LogP) is 2.25. The minimum atomic E-state index is -0.398. The van der Waals surface area contributed by atoms with Crippen LogP contribution in [0.4, 0.5) is 5.69 Å². The summed E-state index contributed by atoms with van der Waals surface area (Å²) >= 11 is 0. The Kier molecular flexibility index (Phi) is 7.49. The number of carbonyl (C=O) groups is 3. The molecule has 1 heterocycles. The Labute approximate surface area is 172 Å². The Bertz CT molecular complexity index is 731. The molecule has 2 aliphatic rings. The summed E-state index contributed by atoms with van der Waals surface area (Å²) in [5.41, 5.74) is 0.685. The van der Waals surface area contributed by atoms with E-state index in [1.165, 1.54) is 19.3 Å². The lowest BCUT2D eigenvalue weighted by Crippen LogP contribution is -2.38. The van der Waals surface area contributed by atoms with E-state index in [-0.39, 0.29) is 24.1 Å². The summed E-state index contributed by atoms with van der Waals surface area (Å²) in [6.07, 6.45) is 6.77. The van der Waals surface area contributed by atoms with Gasteiger partial charge in [-0.3, -0.25) is 14.4 Å². The van der Waals surface area contributed by atoms with E-state index < -0.39 is 5.92 Å². The zero-order chi connectivity index (χ0) is 20.6. The Hall–Kier alpha value is -2.57. The fourth-order valence-corrected chi connectivity index (χ4v) is 4.23. The lowest BCUT2D eigenvalue weighted by molar-refractivity contribution is -0.126. The summed E-state index contributed by atoms with van der Waals surface area (Å²) in [4.78, 5) is 38.5. The van der Waals surface area contributed by atoms with Crippen LogP contribution in [0, 0.1) is 11.8 Å². The van der Waals surface area contributed by atoms with Gasteiger partial charge >= 0.3 is 0 Å². The second-order valence-electron chi connectivity index (χ2n) is 7.93. The summed E-state index contributed by atoms with van der Waals surface area (Å²) in [7, 11) is 1.56. The Morgan fingerprint density at radius 2 is 1.83 bits per heavy atom. The van der Waals surface area contributed by atoms with Crippen LogP contribution in [-0.2, 0) is 14.4 Å². The van der Waals surface area contributed by atoms with Crippen molar-refractivity contribution in [3.63, 3.8) is 0 Å². The summed E-state index contributed by atoms with van der Waals surface area (Å²) in [5, 5.41) is 5.73. The van der Waals surface area contributed by atoms with Crippen LogP contribution in [0.25, 0.3) is 0 Å². The number of methoxy groups -OCH3 is 1. The number of nitrogens with zero attached hydrogens (tertiary/aromatic N) is 1. The number of benzene rings is 1. The van der Waals surface area contributed by atoms with E-state index in [1.54, 1.807) is 18.1 Å². The molecule has 2 fully saturated rings. The molecule has 1 saturated carbocycles. The SMILES string of the molecule is COc1ccccc1N1C[C@@H](C(=O)NCCNC(=O)CC2CCCCC2)CC1=O. The molecule has 3 amide bonds. The van der Waals surface area contributed by atoms with Crippen molar-refractivity contribution in [2.45, 2.75) is 44.9 Å². The smallest absolute Gasteiger partial charge is 0.227 e. The van der Waals surface area contributed by atoms with E-state index in [1.807, 2.05) is 18.2 Å². The van der Waals surface area contributed by atoms with Crippen LogP contribution in [0.15, 0.2) is 24.3 Å². The van der Waals surface area contributed by atoms with Crippen molar-refractivity contribution in [3.8, 4) is 5.75 Å². The Balaban J connectivity index is 1.40. The topological polar surface area (TPSA) is 87.7 Å². The first-order chi connectivity index (χ1) is 14.1. The molecule has 1 aromatic rings. The van der Waals surface area contributed by atoms with Gasteiger partial charge in [0.2, 0.25) is 17.7 Å². The molecule has 158 valence electrons. The largest absolute Gasteiger partial charge is 0.495 e. The van der Waals surface area contributed by atoms with E-state index in [9.17, 15) is 14.4 Å². The minimum Gasteiger partial charge on any atom is -0.495 e. The number of rotatable bonds is 8. The summed E-state index contributed by atoms with van der Waals surface area (Å²) in [6, 6.07) is 7.30. The second kappa shape index (κ2) is 10.3. The molecule has 1 atom stereocenters. The van der Waals surface area contributed by atoms with Gasteiger partial charge in [0.1, 0.15) is 5.75 Å². The first kappa shape index (κ1) is 21.1. The van der Waals surface area contributed by atoms with Crippen molar-refractivity contribution >= 4 is 23.4 Å². The highest BCUT2D eigenvalue weighted by molar-refractivity contribution is 6.01. The molecule has 29 heavy (non-hydrogen) atoms. The van der Waals surface area contributed by atoms with Crippen molar-refractivity contribution in [1.82, 2.24) is 10.6 Å². The van der Waals surface area contributed by atoms with E-state index in [4.69, 9.17) is 4.74 Å². The molecule has 7 heteroatoms.